The number of pyridine rings is 1. The zero-order valence-corrected chi connectivity index (χ0v) is 11.8. The lowest BCUT2D eigenvalue weighted by molar-refractivity contribution is -0.154. The Morgan fingerprint density at radius 1 is 1.40 bits per heavy atom. The van der Waals surface area contributed by atoms with Crippen LogP contribution in [0, 0.1) is 0 Å². The van der Waals surface area contributed by atoms with Crippen molar-refractivity contribution < 1.29 is 26.3 Å². The number of anilines is 1. The molecular formula is C11H15F3N2O3S. The van der Waals surface area contributed by atoms with E-state index in [-0.39, 0.29) is 17.7 Å². The molecule has 114 valence electrons. The molecule has 1 N–H and O–H groups in total. The van der Waals surface area contributed by atoms with Crippen molar-refractivity contribution >= 4 is 15.5 Å². The summed E-state index contributed by atoms with van der Waals surface area (Å²) in [4.78, 5) is 3.70. The Morgan fingerprint density at radius 2 is 2.05 bits per heavy atom. The second-order valence-electron chi connectivity index (χ2n) is 4.43. The van der Waals surface area contributed by atoms with E-state index >= 15 is 0 Å². The first-order chi connectivity index (χ1) is 9.05. The number of aromatic nitrogens is 1. The number of sulfone groups is 1. The van der Waals surface area contributed by atoms with E-state index in [1.165, 1.54) is 18.3 Å². The van der Waals surface area contributed by atoms with Gasteiger partial charge in [0, 0.05) is 18.4 Å². The molecular weight excluding hydrogens is 297 g/mol. The highest BCUT2D eigenvalue weighted by molar-refractivity contribution is 7.90. The minimum Gasteiger partial charge on any atom is -0.468 e. The minimum absolute atomic E-state index is 0.0562. The second-order valence-corrected chi connectivity index (χ2v) is 6.61. The van der Waals surface area contributed by atoms with E-state index in [0.717, 1.165) is 6.26 Å². The normalized spacial score (nSPS) is 13.8. The summed E-state index contributed by atoms with van der Waals surface area (Å²) in [5.41, 5.74) is 0.500. The molecule has 0 aliphatic carbocycles. The number of nitrogens with one attached hydrogen (secondary N) is 1. The molecule has 0 radical (unpaired) electrons. The van der Waals surface area contributed by atoms with Crippen molar-refractivity contribution in [2.75, 3.05) is 23.9 Å². The fourth-order valence-corrected chi connectivity index (χ4v) is 2.48. The zero-order valence-electron chi connectivity index (χ0n) is 10.9. The first-order valence-corrected chi connectivity index (χ1v) is 7.71. The Balaban J connectivity index is 2.54. The highest BCUT2D eigenvalue weighted by atomic mass is 32.2. The van der Waals surface area contributed by atoms with Crippen molar-refractivity contribution in [2.24, 2.45) is 0 Å². The molecule has 0 amide bonds. The van der Waals surface area contributed by atoms with Crippen LogP contribution < -0.4 is 10.1 Å². The fraction of sp³-hybridized carbons (Fsp3) is 0.545. The standard InChI is InChI=1S/C11H15F3N2O3S/c1-8(6-20(2,17)18)16-9-3-4-10(15-5-9)19-7-11(12,13)14/h3-5,8,16H,6-7H2,1-2H3. The number of hydrogen-bond acceptors (Lipinski definition) is 5. The van der Waals surface area contributed by atoms with Crippen LogP contribution in [0.15, 0.2) is 18.3 Å². The van der Waals surface area contributed by atoms with Gasteiger partial charge in [-0.1, -0.05) is 0 Å². The largest absolute Gasteiger partial charge is 0.468 e. The van der Waals surface area contributed by atoms with Crippen molar-refractivity contribution in [1.82, 2.24) is 4.98 Å². The monoisotopic (exact) mass is 312 g/mol. The van der Waals surface area contributed by atoms with E-state index in [9.17, 15) is 21.6 Å². The fourth-order valence-electron chi connectivity index (χ4n) is 1.49. The quantitative estimate of drug-likeness (QED) is 0.868. The van der Waals surface area contributed by atoms with E-state index in [1.807, 2.05) is 0 Å². The summed E-state index contributed by atoms with van der Waals surface area (Å²) in [5.74, 6) is -0.206. The Labute approximate surface area is 115 Å². The summed E-state index contributed by atoms with van der Waals surface area (Å²) in [6.07, 6.45) is -2.01. The van der Waals surface area contributed by atoms with Gasteiger partial charge in [-0.25, -0.2) is 13.4 Å². The molecule has 1 heterocycles. The molecule has 5 nitrogen and oxygen atoms in total. The van der Waals surface area contributed by atoms with Gasteiger partial charge in [0.2, 0.25) is 5.88 Å². The van der Waals surface area contributed by atoms with Crippen molar-refractivity contribution in [2.45, 2.75) is 19.1 Å². The summed E-state index contributed by atoms with van der Waals surface area (Å²) in [5, 5.41) is 2.88. The molecule has 1 aromatic heterocycles. The van der Waals surface area contributed by atoms with Gasteiger partial charge < -0.3 is 10.1 Å². The lowest BCUT2D eigenvalue weighted by atomic mass is 10.3. The van der Waals surface area contributed by atoms with Crippen LogP contribution in [0.1, 0.15) is 6.92 Å². The first kappa shape index (κ1) is 16.5. The zero-order chi connectivity index (χ0) is 15.4. The van der Waals surface area contributed by atoms with Crippen LogP contribution in [0.4, 0.5) is 18.9 Å². The third kappa shape index (κ3) is 7.17. The molecule has 20 heavy (non-hydrogen) atoms. The van der Waals surface area contributed by atoms with Crippen molar-refractivity contribution in [3.8, 4) is 5.88 Å². The van der Waals surface area contributed by atoms with Crippen LogP contribution in [0.25, 0.3) is 0 Å². The molecule has 0 aliphatic heterocycles. The first-order valence-electron chi connectivity index (χ1n) is 5.65. The van der Waals surface area contributed by atoms with Crippen LogP contribution >= 0.6 is 0 Å². The summed E-state index contributed by atoms with van der Waals surface area (Å²) < 4.78 is 62.4. The molecule has 0 fully saturated rings. The average Bonchev–Trinajstić information content (AvgIpc) is 2.24. The van der Waals surface area contributed by atoms with Crippen molar-refractivity contribution in [1.29, 1.82) is 0 Å². The van der Waals surface area contributed by atoms with Crippen LogP contribution in [-0.2, 0) is 9.84 Å². The Bertz CT molecular complexity index is 529. The van der Waals surface area contributed by atoms with Gasteiger partial charge in [-0.2, -0.15) is 13.2 Å². The Hall–Kier alpha value is -1.51. The van der Waals surface area contributed by atoms with Gasteiger partial charge in [-0.3, -0.25) is 0 Å². The molecule has 0 saturated heterocycles. The third-order valence-corrected chi connectivity index (χ3v) is 3.19. The molecule has 0 saturated carbocycles. The van der Waals surface area contributed by atoms with E-state index in [2.05, 4.69) is 15.0 Å². The molecule has 1 aromatic rings. The number of halogens is 3. The van der Waals surface area contributed by atoms with Gasteiger partial charge in [0.25, 0.3) is 0 Å². The lowest BCUT2D eigenvalue weighted by Gasteiger charge is -2.14. The van der Waals surface area contributed by atoms with Crippen molar-refractivity contribution in [3.05, 3.63) is 18.3 Å². The molecule has 0 aromatic carbocycles. The minimum atomic E-state index is -4.41. The predicted molar refractivity (Wildman–Crippen MR) is 68.6 cm³/mol. The van der Waals surface area contributed by atoms with Gasteiger partial charge in [-0.05, 0) is 13.0 Å². The number of hydrogen-bond donors (Lipinski definition) is 1. The molecule has 0 bridgehead atoms. The number of alkyl halides is 3. The third-order valence-electron chi connectivity index (χ3n) is 2.09. The number of rotatable bonds is 6. The van der Waals surface area contributed by atoms with Gasteiger partial charge in [-0.15, -0.1) is 0 Å². The Kier molecular flexibility index (Phi) is 5.21. The van der Waals surface area contributed by atoms with E-state index in [0.29, 0.717) is 5.69 Å². The van der Waals surface area contributed by atoms with Crippen LogP contribution in [0.2, 0.25) is 0 Å². The maximum Gasteiger partial charge on any atom is 0.422 e. The highest BCUT2D eigenvalue weighted by Crippen LogP contribution is 2.18. The molecule has 0 spiro atoms. The summed E-state index contributed by atoms with van der Waals surface area (Å²) >= 11 is 0. The van der Waals surface area contributed by atoms with E-state index in [4.69, 9.17) is 0 Å². The topological polar surface area (TPSA) is 68.3 Å². The summed E-state index contributed by atoms with van der Waals surface area (Å²) in [6.45, 7) is 0.270. The number of ether oxygens (including phenoxy) is 1. The summed E-state index contributed by atoms with van der Waals surface area (Å²) in [7, 11) is -3.11. The van der Waals surface area contributed by atoms with Crippen LogP contribution in [0.3, 0.4) is 0 Å². The van der Waals surface area contributed by atoms with Gasteiger partial charge >= 0.3 is 6.18 Å². The van der Waals surface area contributed by atoms with E-state index in [1.54, 1.807) is 6.92 Å². The molecule has 1 atom stereocenters. The Morgan fingerprint density at radius 3 is 2.50 bits per heavy atom. The van der Waals surface area contributed by atoms with Crippen LogP contribution in [0.5, 0.6) is 5.88 Å². The molecule has 1 unspecified atom stereocenters. The average molecular weight is 312 g/mol. The van der Waals surface area contributed by atoms with Gasteiger partial charge in [0.1, 0.15) is 9.84 Å². The second kappa shape index (κ2) is 6.29. The smallest absolute Gasteiger partial charge is 0.422 e. The number of nitrogens with zero attached hydrogens (tertiary/aromatic N) is 1. The van der Waals surface area contributed by atoms with E-state index < -0.39 is 22.6 Å². The van der Waals surface area contributed by atoms with Crippen LogP contribution in [-0.4, -0.2) is 44.2 Å². The maximum atomic E-state index is 11.9. The lowest BCUT2D eigenvalue weighted by Crippen LogP contribution is -2.25. The molecule has 9 heteroatoms. The van der Waals surface area contributed by atoms with Crippen molar-refractivity contribution in [3.63, 3.8) is 0 Å². The van der Waals surface area contributed by atoms with Gasteiger partial charge in [0.15, 0.2) is 6.61 Å². The SMILES string of the molecule is CC(CS(C)(=O)=O)Nc1ccc(OCC(F)(F)F)nc1. The molecule has 1 rings (SSSR count). The maximum absolute atomic E-state index is 11.9. The van der Waals surface area contributed by atoms with Gasteiger partial charge in [0.05, 0.1) is 17.6 Å². The predicted octanol–water partition coefficient (Wildman–Crippen LogP) is 1.87. The highest BCUT2D eigenvalue weighted by Gasteiger charge is 2.28. The molecule has 0 aliphatic rings. The summed E-state index contributed by atoms with van der Waals surface area (Å²) in [6, 6.07) is 2.41.